The predicted molar refractivity (Wildman–Crippen MR) is 58.0 cm³/mol. The van der Waals surface area contributed by atoms with Gasteiger partial charge in [0.05, 0.1) is 11.7 Å². The van der Waals surface area contributed by atoms with Gasteiger partial charge in [0.2, 0.25) is 0 Å². The van der Waals surface area contributed by atoms with Gasteiger partial charge >= 0.3 is 0 Å². The van der Waals surface area contributed by atoms with Crippen LogP contribution < -0.4 is 5.32 Å². The van der Waals surface area contributed by atoms with Crippen molar-refractivity contribution in [2.45, 2.75) is 32.7 Å². The van der Waals surface area contributed by atoms with Gasteiger partial charge in [-0.15, -0.1) is 17.8 Å². The van der Waals surface area contributed by atoms with E-state index in [4.69, 9.17) is 6.42 Å². The van der Waals surface area contributed by atoms with Gasteiger partial charge in [0.15, 0.2) is 5.13 Å². The van der Waals surface area contributed by atoms with Gasteiger partial charge in [-0.3, -0.25) is 0 Å². The van der Waals surface area contributed by atoms with Crippen LogP contribution in [0, 0.1) is 12.3 Å². The van der Waals surface area contributed by atoms with Gasteiger partial charge < -0.3 is 5.32 Å². The molecule has 1 N–H and O–H groups in total. The number of aromatic nitrogens is 1. The Morgan fingerprint density at radius 1 is 1.69 bits per heavy atom. The monoisotopic (exact) mass is 194 g/mol. The van der Waals surface area contributed by atoms with Gasteiger partial charge in [-0.25, -0.2) is 4.98 Å². The Balaban J connectivity index is 2.58. The lowest BCUT2D eigenvalue weighted by molar-refractivity contribution is 0.853. The van der Waals surface area contributed by atoms with Gasteiger partial charge in [0.25, 0.3) is 0 Å². The van der Waals surface area contributed by atoms with Crippen molar-refractivity contribution < 1.29 is 0 Å². The summed E-state index contributed by atoms with van der Waals surface area (Å²) < 4.78 is 0. The van der Waals surface area contributed by atoms with Crippen molar-refractivity contribution in [3.63, 3.8) is 0 Å². The summed E-state index contributed by atoms with van der Waals surface area (Å²) in [7, 11) is 0. The highest BCUT2D eigenvalue weighted by Crippen LogP contribution is 2.16. The summed E-state index contributed by atoms with van der Waals surface area (Å²) in [6.45, 7) is 4.16. The largest absolute Gasteiger partial charge is 0.348 e. The Kier molecular flexibility index (Phi) is 3.78. The van der Waals surface area contributed by atoms with Crippen LogP contribution in [0.5, 0.6) is 0 Å². The van der Waals surface area contributed by atoms with Gasteiger partial charge in [-0.05, 0) is 12.8 Å². The first kappa shape index (κ1) is 10.1. The molecular weight excluding hydrogens is 180 g/mol. The minimum atomic E-state index is 0.107. The third-order valence-electron chi connectivity index (χ3n) is 1.82. The van der Waals surface area contributed by atoms with E-state index in [0.29, 0.717) is 0 Å². The fourth-order valence-electron chi connectivity index (χ4n) is 0.946. The Morgan fingerprint density at radius 3 is 2.92 bits per heavy atom. The molecule has 13 heavy (non-hydrogen) atoms. The zero-order valence-corrected chi connectivity index (χ0v) is 8.82. The van der Waals surface area contributed by atoms with Gasteiger partial charge in [-0.2, -0.15) is 0 Å². The lowest BCUT2D eigenvalue weighted by Crippen LogP contribution is -2.15. The summed E-state index contributed by atoms with van der Waals surface area (Å²) in [6, 6.07) is 0.107. The van der Waals surface area contributed by atoms with Crippen molar-refractivity contribution in [3.05, 3.63) is 11.1 Å². The normalized spacial score (nSPS) is 12.1. The fraction of sp³-hybridized carbons (Fsp3) is 0.500. The molecule has 0 saturated carbocycles. The van der Waals surface area contributed by atoms with Crippen LogP contribution in [0.4, 0.5) is 5.13 Å². The number of nitrogens with one attached hydrogen (secondary N) is 1. The second-order valence-corrected chi connectivity index (χ2v) is 3.63. The second kappa shape index (κ2) is 4.88. The molecule has 0 spiro atoms. The van der Waals surface area contributed by atoms with Gasteiger partial charge in [0, 0.05) is 5.38 Å². The van der Waals surface area contributed by atoms with Crippen molar-refractivity contribution in [2.24, 2.45) is 0 Å². The Labute approximate surface area is 83.4 Å². The number of terminal acetylenes is 1. The van der Waals surface area contributed by atoms with E-state index in [2.05, 4.69) is 35.4 Å². The maximum Gasteiger partial charge on any atom is 0.183 e. The molecule has 70 valence electrons. The summed E-state index contributed by atoms with van der Waals surface area (Å²) in [5.41, 5.74) is 1.12. The van der Waals surface area contributed by atoms with E-state index < -0.39 is 0 Å². The maximum absolute atomic E-state index is 5.33. The molecule has 0 fully saturated rings. The number of thiazole rings is 1. The van der Waals surface area contributed by atoms with Crippen LogP contribution in [0.15, 0.2) is 5.38 Å². The molecule has 0 amide bonds. The van der Waals surface area contributed by atoms with Crippen LogP contribution >= 0.6 is 11.3 Å². The summed E-state index contributed by atoms with van der Waals surface area (Å²) in [5.74, 6) is 2.68. The number of nitrogens with zero attached hydrogens (tertiary/aromatic N) is 1. The van der Waals surface area contributed by atoms with Crippen molar-refractivity contribution in [3.8, 4) is 12.3 Å². The molecule has 0 aromatic carbocycles. The van der Waals surface area contributed by atoms with E-state index in [-0.39, 0.29) is 6.04 Å². The lowest BCUT2D eigenvalue weighted by atomic mass is 10.2. The highest BCUT2D eigenvalue weighted by atomic mass is 32.1. The molecule has 0 saturated heterocycles. The number of hydrogen-bond acceptors (Lipinski definition) is 3. The number of aryl methyl sites for hydroxylation is 1. The first-order chi connectivity index (χ1) is 6.30. The molecule has 0 aliphatic carbocycles. The summed E-state index contributed by atoms with van der Waals surface area (Å²) in [6.07, 6.45) is 7.24. The molecular formula is C10H14N2S. The fourth-order valence-corrected chi connectivity index (χ4v) is 1.79. The van der Waals surface area contributed by atoms with Crippen molar-refractivity contribution in [2.75, 3.05) is 5.32 Å². The standard InChI is InChI=1S/C10H14N2S/c1-4-8(5-2)11-10-12-9(6-3)7-13-10/h1,7-8H,5-6H2,2-3H3,(H,11,12). The van der Waals surface area contributed by atoms with Crippen molar-refractivity contribution in [1.82, 2.24) is 4.98 Å². The summed E-state index contributed by atoms with van der Waals surface area (Å²) >= 11 is 1.62. The van der Waals surface area contributed by atoms with Crippen molar-refractivity contribution >= 4 is 16.5 Å². The Bertz CT molecular complexity index is 298. The predicted octanol–water partition coefficient (Wildman–Crippen LogP) is 2.53. The van der Waals surface area contributed by atoms with E-state index in [1.54, 1.807) is 11.3 Å². The van der Waals surface area contributed by atoms with Crippen LogP contribution in [0.2, 0.25) is 0 Å². The Morgan fingerprint density at radius 2 is 2.46 bits per heavy atom. The third kappa shape index (κ3) is 2.74. The van der Waals surface area contributed by atoms with Crippen LogP contribution in [0.1, 0.15) is 26.0 Å². The zero-order valence-electron chi connectivity index (χ0n) is 8.00. The second-order valence-electron chi connectivity index (χ2n) is 2.77. The minimum absolute atomic E-state index is 0.107. The quantitative estimate of drug-likeness (QED) is 0.745. The summed E-state index contributed by atoms with van der Waals surface area (Å²) in [4.78, 5) is 4.38. The first-order valence-corrected chi connectivity index (χ1v) is 5.35. The topological polar surface area (TPSA) is 24.9 Å². The van der Waals surface area contributed by atoms with E-state index >= 15 is 0 Å². The number of anilines is 1. The zero-order chi connectivity index (χ0) is 9.68. The smallest absolute Gasteiger partial charge is 0.183 e. The molecule has 1 heterocycles. The molecule has 1 rings (SSSR count). The average molecular weight is 194 g/mol. The highest BCUT2D eigenvalue weighted by Gasteiger charge is 2.04. The molecule has 0 radical (unpaired) electrons. The molecule has 1 aromatic rings. The molecule has 0 aliphatic heterocycles. The number of rotatable bonds is 4. The highest BCUT2D eigenvalue weighted by molar-refractivity contribution is 7.13. The van der Waals surface area contributed by atoms with E-state index in [1.165, 1.54) is 0 Å². The van der Waals surface area contributed by atoms with Gasteiger partial charge in [0.1, 0.15) is 0 Å². The van der Waals surface area contributed by atoms with Crippen LogP contribution in [0.3, 0.4) is 0 Å². The van der Waals surface area contributed by atoms with E-state index in [0.717, 1.165) is 23.7 Å². The van der Waals surface area contributed by atoms with Crippen LogP contribution in [-0.2, 0) is 6.42 Å². The lowest BCUT2D eigenvalue weighted by Gasteiger charge is -2.07. The third-order valence-corrected chi connectivity index (χ3v) is 2.64. The molecule has 0 bridgehead atoms. The van der Waals surface area contributed by atoms with Gasteiger partial charge in [-0.1, -0.05) is 19.8 Å². The Hall–Kier alpha value is -1.01. The summed E-state index contributed by atoms with van der Waals surface area (Å²) in [5, 5.41) is 6.20. The van der Waals surface area contributed by atoms with Crippen LogP contribution in [-0.4, -0.2) is 11.0 Å². The molecule has 1 unspecified atom stereocenters. The molecule has 1 atom stereocenters. The maximum atomic E-state index is 5.33. The first-order valence-electron chi connectivity index (χ1n) is 4.47. The molecule has 3 heteroatoms. The molecule has 1 aromatic heterocycles. The average Bonchev–Trinajstić information content (AvgIpc) is 2.61. The minimum Gasteiger partial charge on any atom is -0.348 e. The van der Waals surface area contributed by atoms with Crippen LogP contribution in [0.25, 0.3) is 0 Å². The molecule has 2 nitrogen and oxygen atoms in total. The van der Waals surface area contributed by atoms with E-state index in [9.17, 15) is 0 Å². The number of hydrogen-bond donors (Lipinski definition) is 1. The van der Waals surface area contributed by atoms with E-state index in [1.807, 2.05) is 0 Å². The SMILES string of the molecule is C#CC(CC)Nc1nc(CC)cs1. The van der Waals surface area contributed by atoms with Crippen molar-refractivity contribution in [1.29, 1.82) is 0 Å². The molecule has 0 aliphatic rings.